The third-order valence-corrected chi connectivity index (χ3v) is 2.67. The summed E-state index contributed by atoms with van der Waals surface area (Å²) < 4.78 is 0. The van der Waals surface area contributed by atoms with E-state index in [0.717, 1.165) is 18.5 Å². The topological polar surface area (TPSA) is 37.4 Å². The van der Waals surface area contributed by atoms with Gasteiger partial charge in [0.15, 0.2) is 0 Å². The van der Waals surface area contributed by atoms with Gasteiger partial charge in [0.25, 0.3) is 11.7 Å². The van der Waals surface area contributed by atoms with Crippen molar-refractivity contribution in [2.24, 2.45) is 0 Å². The van der Waals surface area contributed by atoms with Gasteiger partial charge in [-0.05, 0) is 25.0 Å². The van der Waals surface area contributed by atoms with E-state index < -0.39 is 11.7 Å². The van der Waals surface area contributed by atoms with E-state index in [4.69, 9.17) is 0 Å². The number of carbonyl (C=O) groups is 2. The highest BCUT2D eigenvalue weighted by molar-refractivity contribution is 6.52. The number of allylic oxidation sites excluding steroid dienone is 1. The number of benzene rings is 1. The predicted molar refractivity (Wildman–Crippen MR) is 62.6 cm³/mol. The second-order valence-electron chi connectivity index (χ2n) is 3.73. The maximum atomic E-state index is 11.7. The molecule has 2 rings (SSSR count). The maximum Gasteiger partial charge on any atom is 0.299 e. The third-order valence-electron chi connectivity index (χ3n) is 2.67. The molecule has 82 valence electrons. The number of hydrogen-bond acceptors (Lipinski definition) is 2. The average Bonchev–Trinajstić information content (AvgIpc) is 2.55. The van der Waals surface area contributed by atoms with Gasteiger partial charge in [0, 0.05) is 6.54 Å². The predicted octanol–water partition coefficient (Wildman–Crippen LogP) is 2.18. The van der Waals surface area contributed by atoms with Crippen molar-refractivity contribution in [1.29, 1.82) is 0 Å². The Bertz CT molecular complexity index is 451. The van der Waals surface area contributed by atoms with Gasteiger partial charge in [-0.15, -0.1) is 6.58 Å². The Morgan fingerprint density at radius 1 is 1.25 bits per heavy atom. The summed E-state index contributed by atoms with van der Waals surface area (Å²) >= 11 is 0. The summed E-state index contributed by atoms with van der Waals surface area (Å²) in [7, 11) is 0. The van der Waals surface area contributed by atoms with Crippen LogP contribution in [0.5, 0.6) is 0 Å². The Balaban J connectivity index is 2.23. The first-order chi connectivity index (χ1) is 7.75. The molecule has 0 saturated carbocycles. The molecule has 0 aliphatic carbocycles. The number of unbranched alkanes of at least 4 members (excludes halogenated alkanes) is 1. The minimum absolute atomic E-state index is 0.394. The summed E-state index contributed by atoms with van der Waals surface area (Å²) in [4.78, 5) is 24.9. The van der Waals surface area contributed by atoms with Crippen LogP contribution in [0.25, 0.3) is 0 Å². The fourth-order valence-electron chi connectivity index (χ4n) is 1.86. The van der Waals surface area contributed by atoms with Crippen molar-refractivity contribution >= 4 is 17.4 Å². The Kier molecular flexibility index (Phi) is 2.86. The highest BCUT2D eigenvalue weighted by Crippen LogP contribution is 2.28. The van der Waals surface area contributed by atoms with Crippen LogP contribution in [0.3, 0.4) is 0 Å². The van der Waals surface area contributed by atoms with Crippen molar-refractivity contribution in [1.82, 2.24) is 0 Å². The lowest BCUT2D eigenvalue weighted by atomic mass is 10.1. The lowest BCUT2D eigenvalue weighted by Gasteiger charge is -2.15. The zero-order valence-corrected chi connectivity index (χ0v) is 8.98. The lowest BCUT2D eigenvalue weighted by molar-refractivity contribution is -0.114. The van der Waals surface area contributed by atoms with Crippen LogP contribution < -0.4 is 4.90 Å². The fraction of sp³-hybridized carbons (Fsp3) is 0.231. The molecule has 1 amide bonds. The molecule has 0 unspecified atom stereocenters. The number of anilines is 1. The molecule has 3 heteroatoms. The number of nitrogens with zero attached hydrogens (tertiary/aromatic N) is 1. The van der Waals surface area contributed by atoms with Gasteiger partial charge >= 0.3 is 0 Å². The third kappa shape index (κ3) is 1.65. The van der Waals surface area contributed by atoms with Gasteiger partial charge in [-0.1, -0.05) is 18.2 Å². The van der Waals surface area contributed by atoms with Crippen LogP contribution in [0.1, 0.15) is 23.2 Å². The first kappa shape index (κ1) is 10.6. The van der Waals surface area contributed by atoms with Gasteiger partial charge in [-0.2, -0.15) is 0 Å². The zero-order valence-electron chi connectivity index (χ0n) is 8.98. The number of amides is 1. The van der Waals surface area contributed by atoms with Crippen molar-refractivity contribution in [2.75, 3.05) is 11.4 Å². The normalized spacial score (nSPS) is 14.1. The average molecular weight is 215 g/mol. The largest absolute Gasteiger partial charge is 0.305 e. The van der Waals surface area contributed by atoms with Crippen LogP contribution in [-0.2, 0) is 4.79 Å². The zero-order chi connectivity index (χ0) is 11.5. The Labute approximate surface area is 94.4 Å². The van der Waals surface area contributed by atoms with Gasteiger partial charge in [0.1, 0.15) is 0 Å². The van der Waals surface area contributed by atoms with E-state index in [1.807, 2.05) is 18.2 Å². The van der Waals surface area contributed by atoms with E-state index >= 15 is 0 Å². The maximum absolute atomic E-state index is 11.7. The first-order valence-electron chi connectivity index (χ1n) is 5.32. The highest BCUT2D eigenvalue weighted by Gasteiger charge is 2.34. The minimum atomic E-state index is -0.412. The molecule has 0 saturated heterocycles. The van der Waals surface area contributed by atoms with Gasteiger partial charge in [0.2, 0.25) is 0 Å². The van der Waals surface area contributed by atoms with Crippen LogP contribution >= 0.6 is 0 Å². The van der Waals surface area contributed by atoms with Crippen LogP contribution in [0, 0.1) is 0 Å². The molecule has 1 aliphatic heterocycles. The molecular formula is C13H13NO2. The standard InChI is InChI=1S/C13H13NO2/c1-2-3-6-9-14-11-8-5-4-7-10(11)12(15)13(14)16/h2,4-5,7-8H,1,3,6,9H2. The SMILES string of the molecule is C=CCCCN1C(=O)C(=O)c2ccccc21. The van der Waals surface area contributed by atoms with E-state index in [-0.39, 0.29) is 0 Å². The van der Waals surface area contributed by atoms with Gasteiger partial charge in [0.05, 0.1) is 11.3 Å². The molecule has 0 radical (unpaired) electrons. The van der Waals surface area contributed by atoms with Crippen molar-refractivity contribution in [3.63, 3.8) is 0 Å². The second kappa shape index (κ2) is 4.31. The van der Waals surface area contributed by atoms with Crippen molar-refractivity contribution in [3.8, 4) is 0 Å². The summed E-state index contributed by atoms with van der Waals surface area (Å²) in [6.07, 6.45) is 3.49. The number of Topliss-reactive ketones (excluding diaryl/α,β-unsaturated/α-hetero) is 1. The second-order valence-corrected chi connectivity index (χ2v) is 3.73. The number of hydrogen-bond donors (Lipinski definition) is 0. The monoisotopic (exact) mass is 215 g/mol. The smallest absolute Gasteiger partial charge is 0.299 e. The highest BCUT2D eigenvalue weighted by atomic mass is 16.2. The number of carbonyl (C=O) groups excluding carboxylic acids is 2. The van der Waals surface area contributed by atoms with Crippen LogP contribution in [0.4, 0.5) is 5.69 Å². The summed E-state index contributed by atoms with van der Waals surface area (Å²) in [6.45, 7) is 4.21. The molecule has 1 aromatic rings. The van der Waals surface area contributed by atoms with Gasteiger partial charge in [-0.3, -0.25) is 9.59 Å². The van der Waals surface area contributed by atoms with Gasteiger partial charge in [-0.25, -0.2) is 0 Å². The van der Waals surface area contributed by atoms with E-state index in [9.17, 15) is 9.59 Å². The molecule has 0 fully saturated rings. The fourth-order valence-corrected chi connectivity index (χ4v) is 1.86. The van der Waals surface area contributed by atoms with Crippen LogP contribution in [-0.4, -0.2) is 18.2 Å². The number of ketones is 1. The molecule has 0 aromatic heterocycles. The molecule has 1 heterocycles. The molecule has 1 aromatic carbocycles. The van der Waals surface area contributed by atoms with Gasteiger partial charge < -0.3 is 4.90 Å². The molecule has 16 heavy (non-hydrogen) atoms. The van der Waals surface area contributed by atoms with Crippen molar-refractivity contribution in [2.45, 2.75) is 12.8 Å². The Morgan fingerprint density at radius 2 is 2.00 bits per heavy atom. The van der Waals surface area contributed by atoms with E-state index in [2.05, 4.69) is 6.58 Å². The summed E-state index contributed by atoms with van der Waals surface area (Å²) in [6, 6.07) is 7.12. The summed E-state index contributed by atoms with van der Waals surface area (Å²) in [5.74, 6) is -0.806. The Hall–Kier alpha value is -1.90. The number of fused-ring (bicyclic) bond motifs is 1. The number of rotatable bonds is 4. The van der Waals surface area contributed by atoms with E-state index in [0.29, 0.717) is 12.1 Å². The quantitative estimate of drug-likeness (QED) is 0.438. The lowest BCUT2D eigenvalue weighted by Crippen LogP contribution is -2.30. The van der Waals surface area contributed by atoms with Crippen molar-refractivity contribution in [3.05, 3.63) is 42.5 Å². The minimum Gasteiger partial charge on any atom is -0.305 e. The number of para-hydroxylation sites is 1. The Morgan fingerprint density at radius 3 is 2.75 bits per heavy atom. The van der Waals surface area contributed by atoms with Crippen LogP contribution in [0.2, 0.25) is 0 Å². The molecular weight excluding hydrogens is 202 g/mol. The summed E-state index contributed by atoms with van der Waals surface area (Å²) in [5, 5.41) is 0. The summed E-state index contributed by atoms with van der Waals surface area (Å²) in [5.41, 5.74) is 1.26. The van der Waals surface area contributed by atoms with Crippen molar-refractivity contribution < 1.29 is 9.59 Å². The van der Waals surface area contributed by atoms with E-state index in [1.165, 1.54) is 0 Å². The molecule has 0 bridgehead atoms. The first-order valence-corrected chi connectivity index (χ1v) is 5.32. The molecule has 1 aliphatic rings. The molecule has 0 spiro atoms. The molecule has 0 N–H and O–H groups in total. The molecule has 0 atom stereocenters. The van der Waals surface area contributed by atoms with E-state index in [1.54, 1.807) is 17.0 Å². The molecule has 3 nitrogen and oxygen atoms in total. The van der Waals surface area contributed by atoms with Crippen LogP contribution in [0.15, 0.2) is 36.9 Å².